The van der Waals surface area contributed by atoms with Crippen LogP contribution >= 0.6 is 0 Å². The number of hydrogen-bond acceptors (Lipinski definition) is 1. The number of anilines is 2. The van der Waals surface area contributed by atoms with Crippen LogP contribution in [0.4, 0.5) is 20.2 Å². The first-order valence-corrected chi connectivity index (χ1v) is 12.6. The smallest absolute Gasteiger partial charge is 0.147 e. The van der Waals surface area contributed by atoms with Crippen molar-refractivity contribution < 1.29 is 8.78 Å². The standard InChI is InChI=1S/C35H25F2N/c1-38(33-17-8-7-16-31(33)36)35-32(37)23-22-30(34(35)27-11-3-2-4-12-27)26-20-18-25(19-21-26)29-15-9-13-24-10-5-6-14-28(24)29/h2-23H,1H3. The average Bonchev–Trinajstić information content (AvgIpc) is 2.97. The van der Waals surface area contributed by atoms with Gasteiger partial charge in [0.25, 0.3) is 0 Å². The van der Waals surface area contributed by atoms with Crippen LogP contribution in [-0.4, -0.2) is 7.05 Å². The summed E-state index contributed by atoms with van der Waals surface area (Å²) in [6, 6.07) is 42.5. The van der Waals surface area contributed by atoms with Crippen molar-refractivity contribution in [2.75, 3.05) is 11.9 Å². The number of fused-ring (bicyclic) bond motifs is 1. The van der Waals surface area contributed by atoms with E-state index >= 15 is 4.39 Å². The van der Waals surface area contributed by atoms with Crippen LogP contribution in [0.15, 0.2) is 133 Å². The van der Waals surface area contributed by atoms with Gasteiger partial charge in [-0.2, -0.15) is 0 Å². The van der Waals surface area contributed by atoms with E-state index in [2.05, 4.69) is 60.7 Å². The van der Waals surface area contributed by atoms with E-state index in [1.165, 1.54) is 22.9 Å². The van der Waals surface area contributed by atoms with Gasteiger partial charge in [0, 0.05) is 12.6 Å². The Morgan fingerprint density at radius 2 is 1.11 bits per heavy atom. The summed E-state index contributed by atoms with van der Waals surface area (Å²) in [5.41, 5.74) is 6.32. The Morgan fingerprint density at radius 3 is 1.87 bits per heavy atom. The van der Waals surface area contributed by atoms with Crippen molar-refractivity contribution >= 4 is 22.1 Å². The van der Waals surface area contributed by atoms with E-state index < -0.39 is 11.6 Å². The molecule has 6 aromatic carbocycles. The van der Waals surface area contributed by atoms with Crippen LogP contribution < -0.4 is 4.90 Å². The predicted molar refractivity (Wildman–Crippen MR) is 155 cm³/mol. The van der Waals surface area contributed by atoms with Crippen molar-refractivity contribution in [3.05, 3.63) is 145 Å². The van der Waals surface area contributed by atoms with Crippen LogP contribution in [0.3, 0.4) is 0 Å². The summed E-state index contributed by atoms with van der Waals surface area (Å²) in [5, 5.41) is 2.39. The Bertz CT molecular complexity index is 1740. The summed E-state index contributed by atoms with van der Waals surface area (Å²) in [6.45, 7) is 0. The highest BCUT2D eigenvalue weighted by atomic mass is 19.1. The second-order valence-corrected chi connectivity index (χ2v) is 9.30. The van der Waals surface area contributed by atoms with Crippen LogP contribution in [0.5, 0.6) is 0 Å². The van der Waals surface area contributed by atoms with Gasteiger partial charge in [-0.15, -0.1) is 0 Å². The molecule has 0 heterocycles. The molecule has 0 radical (unpaired) electrons. The summed E-state index contributed by atoms with van der Waals surface area (Å²) < 4.78 is 30.3. The molecule has 0 spiro atoms. The molecule has 0 bridgehead atoms. The summed E-state index contributed by atoms with van der Waals surface area (Å²) in [4.78, 5) is 1.60. The van der Waals surface area contributed by atoms with Gasteiger partial charge >= 0.3 is 0 Å². The third-order valence-electron chi connectivity index (χ3n) is 7.04. The molecule has 0 amide bonds. The Kier molecular flexibility index (Phi) is 6.19. The number of para-hydroxylation sites is 1. The van der Waals surface area contributed by atoms with Crippen LogP contribution in [0, 0.1) is 11.6 Å². The van der Waals surface area contributed by atoms with E-state index in [0.717, 1.165) is 27.8 Å². The third-order valence-corrected chi connectivity index (χ3v) is 7.04. The maximum absolute atomic E-state index is 15.6. The number of rotatable bonds is 5. The number of halogens is 2. The molecule has 0 aliphatic carbocycles. The summed E-state index contributed by atoms with van der Waals surface area (Å²) in [5.74, 6) is -0.816. The van der Waals surface area contributed by atoms with Crippen molar-refractivity contribution in [3.63, 3.8) is 0 Å². The molecule has 184 valence electrons. The van der Waals surface area contributed by atoms with E-state index in [4.69, 9.17) is 0 Å². The monoisotopic (exact) mass is 497 g/mol. The van der Waals surface area contributed by atoms with Gasteiger partial charge in [0.15, 0.2) is 0 Å². The van der Waals surface area contributed by atoms with Gasteiger partial charge < -0.3 is 4.90 Å². The predicted octanol–water partition coefficient (Wildman–Crippen LogP) is 9.89. The molecule has 6 rings (SSSR count). The Balaban J connectivity index is 1.52. The van der Waals surface area contributed by atoms with Crippen LogP contribution in [0.1, 0.15) is 0 Å². The Morgan fingerprint density at radius 1 is 0.474 bits per heavy atom. The molecule has 0 aliphatic rings. The Hall–Kier alpha value is -4.76. The zero-order valence-corrected chi connectivity index (χ0v) is 20.9. The van der Waals surface area contributed by atoms with Gasteiger partial charge in [0.2, 0.25) is 0 Å². The molecule has 3 heteroatoms. The third kappa shape index (κ3) is 4.22. The van der Waals surface area contributed by atoms with Gasteiger partial charge in [0.05, 0.1) is 11.4 Å². The molecule has 0 unspecified atom stereocenters. The van der Waals surface area contributed by atoms with Gasteiger partial charge in [0.1, 0.15) is 11.6 Å². The van der Waals surface area contributed by atoms with E-state index in [1.54, 1.807) is 30.1 Å². The lowest BCUT2D eigenvalue weighted by Crippen LogP contribution is -2.14. The molecule has 0 N–H and O–H groups in total. The fraction of sp³-hybridized carbons (Fsp3) is 0.0286. The first-order chi connectivity index (χ1) is 18.6. The van der Waals surface area contributed by atoms with Crippen LogP contribution in [-0.2, 0) is 0 Å². The lowest BCUT2D eigenvalue weighted by atomic mass is 9.90. The summed E-state index contributed by atoms with van der Waals surface area (Å²) >= 11 is 0. The number of nitrogens with zero attached hydrogens (tertiary/aromatic N) is 1. The van der Waals surface area contributed by atoms with Crippen molar-refractivity contribution in [3.8, 4) is 33.4 Å². The van der Waals surface area contributed by atoms with Crippen molar-refractivity contribution in [1.29, 1.82) is 0 Å². The molecule has 0 aliphatic heterocycles. The molecule has 0 saturated heterocycles. The zero-order chi connectivity index (χ0) is 26.1. The van der Waals surface area contributed by atoms with Gasteiger partial charge in [-0.3, -0.25) is 0 Å². The molecule has 0 fully saturated rings. The highest BCUT2D eigenvalue weighted by Gasteiger charge is 2.22. The summed E-state index contributed by atoms with van der Waals surface area (Å²) in [7, 11) is 1.71. The van der Waals surface area contributed by atoms with E-state index in [-0.39, 0.29) is 0 Å². The van der Waals surface area contributed by atoms with E-state index in [0.29, 0.717) is 16.9 Å². The highest BCUT2D eigenvalue weighted by molar-refractivity contribution is 5.98. The minimum absolute atomic E-state index is 0.312. The molecular weight excluding hydrogens is 472 g/mol. The normalized spacial score (nSPS) is 11.0. The molecule has 6 aromatic rings. The molecule has 0 aromatic heterocycles. The summed E-state index contributed by atoms with van der Waals surface area (Å²) in [6.07, 6.45) is 0. The van der Waals surface area contributed by atoms with Crippen LogP contribution in [0.25, 0.3) is 44.2 Å². The maximum atomic E-state index is 15.6. The first kappa shape index (κ1) is 23.6. The molecule has 1 nitrogen and oxygen atoms in total. The Labute approximate surface area is 221 Å². The van der Waals surface area contributed by atoms with Crippen molar-refractivity contribution in [1.82, 2.24) is 0 Å². The second kappa shape index (κ2) is 9.95. The van der Waals surface area contributed by atoms with E-state index in [9.17, 15) is 4.39 Å². The highest BCUT2D eigenvalue weighted by Crippen LogP contribution is 2.44. The van der Waals surface area contributed by atoms with Crippen molar-refractivity contribution in [2.24, 2.45) is 0 Å². The minimum Gasteiger partial charge on any atom is -0.339 e. The van der Waals surface area contributed by atoms with Crippen LogP contribution in [0.2, 0.25) is 0 Å². The van der Waals surface area contributed by atoms with Gasteiger partial charge in [-0.25, -0.2) is 8.78 Å². The fourth-order valence-electron chi connectivity index (χ4n) is 5.18. The lowest BCUT2D eigenvalue weighted by molar-refractivity contribution is 0.618. The first-order valence-electron chi connectivity index (χ1n) is 12.6. The van der Waals surface area contributed by atoms with Crippen molar-refractivity contribution in [2.45, 2.75) is 0 Å². The number of benzene rings is 6. The van der Waals surface area contributed by atoms with Gasteiger partial charge in [-0.1, -0.05) is 115 Å². The SMILES string of the molecule is CN(c1ccccc1F)c1c(F)ccc(-c2ccc(-c3cccc4ccccc34)cc2)c1-c1ccccc1. The molecule has 0 atom stereocenters. The maximum Gasteiger partial charge on any atom is 0.147 e. The quantitative estimate of drug-likeness (QED) is 0.229. The van der Waals surface area contributed by atoms with Gasteiger partial charge in [-0.05, 0) is 56.8 Å². The second-order valence-electron chi connectivity index (χ2n) is 9.30. The minimum atomic E-state index is -0.411. The molecule has 0 saturated carbocycles. The zero-order valence-electron chi connectivity index (χ0n) is 20.9. The number of hydrogen-bond donors (Lipinski definition) is 0. The lowest BCUT2D eigenvalue weighted by Gasteiger charge is -2.26. The fourth-order valence-corrected chi connectivity index (χ4v) is 5.18. The molecule has 38 heavy (non-hydrogen) atoms. The largest absolute Gasteiger partial charge is 0.339 e. The molecular formula is C35H25F2N. The van der Waals surface area contributed by atoms with E-state index in [1.807, 2.05) is 42.5 Å². The topological polar surface area (TPSA) is 3.24 Å². The average molecular weight is 498 g/mol.